The minimum atomic E-state index is -3.53. The van der Waals surface area contributed by atoms with Crippen LogP contribution in [0.2, 0.25) is 5.15 Å². The van der Waals surface area contributed by atoms with Gasteiger partial charge in [0.05, 0.1) is 22.8 Å². The van der Waals surface area contributed by atoms with Crippen molar-refractivity contribution in [3.8, 4) is 0 Å². The molecule has 4 rings (SSSR count). The lowest BCUT2D eigenvalue weighted by Crippen LogP contribution is -2.28. The Hall–Kier alpha value is -2.50. The number of sulfonamides is 1. The van der Waals surface area contributed by atoms with Crippen LogP contribution in [0.25, 0.3) is 11.2 Å². The van der Waals surface area contributed by atoms with Gasteiger partial charge in [-0.05, 0) is 38.3 Å². The highest BCUT2D eigenvalue weighted by Gasteiger charge is 2.29. The number of para-hydroxylation sites is 2. The van der Waals surface area contributed by atoms with E-state index >= 15 is 0 Å². The van der Waals surface area contributed by atoms with Crippen LogP contribution in [0.15, 0.2) is 30.3 Å². The molecule has 1 aliphatic rings. The summed E-state index contributed by atoms with van der Waals surface area (Å²) in [5.41, 5.74) is 1.54. The van der Waals surface area contributed by atoms with Gasteiger partial charge in [-0.3, -0.25) is 8.87 Å². The fourth-order valence-corrected chi connectivity index (χ4v) is 4.89. The zero-order valence-electron chi connectivity index (χ0n) is 18.1. The van der Waals surface area contributed by atoms with Crippen molar-refractivity contribution in [2.75, 3.05) is 29.0 Å². The van der Waals surface area contributed by atoms with Crippen molar-refractivity contribution in [2.24, 2.45) is 0 Å². The quantitative estimate of drug-likeness (QED) is 0.446. The number of alkyl halides is 2. The average Bonchev–Trinajstić information content (AvgIpc) is 3.19. The molecule has 0 bridgehead atoms. The molecule has 3 heterocycles. The summed E-state index contributed by atoms with van der Waals surface area (Å²) in [5, 5.41) is 3.20. The first-order valence-electron chi connectivity index (χ1n) is 10.5. The maximum Gasteiger partial charge on any atom is 0.295 e. The summed E-state index contributed by atoms with van der Waals surface area (Å²) in [6, 6.07) is 8.25. The summed E-state index contributed by atoms with van der Waals surface area (Å²) in [5.74, 6) is -0.527. The van der Waals surface area contributed by atoms with E-state index in [1.165, 1.54) is 22.0 Å². The number of fused-ring (bicyclic) bond motifs is 1. The van der Waals surface area contributed by atoms with Gasteiger partial charge in [-0.15, -0.1) is 0 Å². The summed E-state index contributed by atoms with van der Waals surface area (Å²) in [4.78, 5) is 8.45. The van der Waals surface area contributed by atoms with Crippen LogP contribution in [0.5, 0.6) is 0 Å². The molecule has 178 valence electrons. The highest BCUT2D eigenvalue weighted by atomic mass is 35.5. The Morgan fingerprint density at radius 2 is 2.03 bits per heavy atom. The van der Waals surface area contributed by atoms with E-state index in [1.54, 1.807) is 31.2 Å². The fraction of sp³-hybridized carbons (Fsp3) is 0.429. The number of anilines is 3. The molecule has 0 saturated carbocycles. The van der Waals surface area contributed by atoms with Gasteiger partial charge in [-0.1, -0.05) is 23.7 Å². The van der Waals surface area contributed by atoms with Gasteiger partial charge >= 0.3 is 0 Å². The number of hydrogen-bond acceptors (Lipinski definition) is 6. The van der Waals surface area contributed by atoms with E-state index in [-0.39, 0.29) is 22.1 Å². The maximum absolute atomic E-state index is 13.9. The highest BCUT2D eigenvalue weighted by Crippen LogP contribution is 2.37. The van der Waals surface area contributed by atoms with Crippen molar-refractivity contribution >= 4 is 49.9 Å². The van der Waals surface area contributed by atoms with Crippen LogP contribution in [0.3, 0.4) is 0 Å². The number of pyridine rings is 1. The Morgan fingerprint density at radius 1 is 1.27 bits per heavy atom. The molecular formula is C21H24ClF2N5O3S. The van der Waals surface area contributed by atoms with E-state index in [4.69, 9.17) is 16.3 Å². The van der Waals surface area contributed by atoms with Crippen molar-refractivity contribution in [1.82, 2.24) is 14.5 Å². The molecule has 3 aromatic rings. The lowest BCUT2D eigenvalue weighted by atomic mass is 10.2. The molecule has 0 aliphatic carbocycles. The Kier molecular flexibility index (Phi) is 6.73. The summed E-state index contributed by atoms with van der Waals surface area (Å²) in [6.45, 7) is 2.02. The smallest absolute Gasteiger partial charge is 0.295 e. The number of imidazole rings is 1. The number of nitrogens with zero attached hydrogens (tertiary/aromatic N) is 4. The maximum atomic E-state index is 13.9. The van der Waals surface area contributed by atoms with E-state index in [2.05, 4.69) is 15.3 Å². The van der Waals surface area contributed by atoms with Crippen LogP contribution in [0, 0.1) is 0 Å². The minimum absolute atomic E-state index is 0.0767. The predicted octanol–water partition coefficient (Wildman–Crippen LogP) is 5.25. The van der Waals surface area contributed by atoms with Crippen molar-refractivity contribution in [3.05, 3.63) is 41.3 Å². The molecule has 12 heteroatoms. The third-order valence-corrected chi connectivity index (χ3v) is 7.53. The first-order valence-corrected chi connectivity index (χ1v) is 12.5. The van der Waals surface area contributed by atoms with Crippen molar-refractivity contribution < 1.29 is 21.9 Å². The SMILES string of the molecule is CCS(=O)(=O)N(C)c1ccccc1Nc1cc(Cl)nc2c1nc(C(F)F)n2C1CCCCO1. The van der Waals surface area contributed by atoms with Crippen LogP contribution in [-0.2, 0) is 14.8 Å². The topological polar surface area (TPSA) is 89.4 Å². The van der Waals surface area contributed by atoms with Gasteiger partial charge in [0.25, 0.3) is 6.43 Å². The van der Waals surface area contributed by atoms with Gasteiger partial charge in [0.1, 0.15) is 16.9 Å². The molecule has 1 aromatic carbocycles. The van der Waals surface area contributed by atoms with Crippen LogP contribution in [-0.4, -0.2) is 42.4 Å². The molecular weight excluding hydrogens is 476 g/mol. The lowest BCUT2D eigenvalue weighted by molar-refractivity contribution is -0.0363. The molecule has 0 spiro atoms. The van der Waals surface area contributed by atoms with Gasteiger partial charge in [-0.25, -0.2) is 27.2 Å². The Balaban J connectivity index is 1.84. The van der Waals surface area contributed by atoms with Gasteiger partial charge < -0.3 is 10.1 Å². The first kappa shape index (κ1) is 23.7. The van der Waals surface area contributed by atoms with Gasteiger partial charge in [0.2, 0.25) is 10.0 Å². The molecule has 0 amide bonds. The summed E-state index contributed by atoms with van der Waals surface area (Å²) >= 11 is 6.26. The van der Waals surface area contributed by atoms with Crippen LogP contribution in [0.4, 0.5) is 25.8 Å². The molecule has 1 unspecified atom stereocenters. The number of ether oxygens (including phenoxy) is 1. The largest absolute Gasteiger partial charge is 0.358 e. The number of hydrogen-bond donors (Lipinski definition) is 1. The average molecular weight is 500 g/mol. The summed E-state index contributed by atoms with van der Waals surface area (Å²) in [6.07, 6.45) is -1.20. The molecule has 2 aromatic heterocycles. The second-order valence-corrected chi connectivity index (χ2v) is 10.3. The highest BCUT2D eigenvalue weighted by molar-refractivity contribution is 7.92. The Morgan fingerprint density at radius 3 is 2.70 bits per heavy atom. The Labute approximate surface area is 195 Å². The summed E-state index contributed by atoms with van der Waals surface area (Å²) in [7, 11) is -2.07. The minimum Gasteiger partial charge on any atom is -0.358 e. The number of rotatable bonds is 7. The normalized spacial score (nSPS) is 17.0. The molecule has 1 atom stereocenters. The van der Waals surface area contributed by atoms with Gasteiger partial charge in [0, 0.05) is 19.7 Å². The van der Waals surface area contributed by atoms with Gasteiger partial charge in [-0.2, -0.15) is 0 Å². The number of aromatic nitrogens is 3. The summed E-state index contributed by atoms with van der Waals surface area (Å²) < 4.78 is 60.9. The van der Waals surface area contributed by atoms with Crippen LogP contribution < -0.4 is 9.62 Å². The second kappa shape index (κ2) is 9.40. The Bertz CT molecular complexity index is 1260. The van der Waals surface area contributed by atoms with Gasteiger partial charge in [0.15, 0.2) is 11.5 Å². The number of halogens is 3. The molecule has 1 fully saturated rings. The number of benzene rings is 1. The number of nitrogens with one attached hydrogen (secondary N) is 1. The van der Waals surface area contributed by atoms with Crippen molar-refractivity contribution in [3.63, 3.8) is 0 Å². The molecule has 33 heavy (non-hydrogen) atoms. The van der Waals surface area contributed by atoms with E-state index in [1.807, 2.05) is 0 Å². The van der Waals surface area contributed by atoms with E-state index < -0.39 is 28.5 Å². The second-order valence-electron chi connectivity index (χ2n) is 7.64. The first-order chi connectivity index (χ1) is 15.7. The molecule has 1 N–H and O–H groups in total. The standard InChI is InChI=1S/C21H24ClF2N5O3S/c1-3-33(30,31)28(2)15-9-5-4-8-13(15)25-14-12-16(22)26-20-18(14)27-21(19(23)24)29(20)17-10-6-7-11-32-17/h4-5,8-9,12,17,19H,3,6-7,10-11H2,1-2H3,(H,25,26). The zero-order valence-corrected chi connectivity index (χ0v) is 19.7. The monoisotopic (exact) mass is 499 g/mol. The zero-order chi connectivity index (χ0) is 23.8. The fourth-order valence-electron chi connectivity index (χ4n) is 3.85. The van der Waals surface area contributed by atoms with Crippen LogP contribution >= 0.6 is 11.6 Å². The van der Waals surface area contributed by atoms with E-state index in [9.17, 15) is 17.2 Å². The third-order valence-electron chi connectivity index (χ3n) is 5.58. The molecule has 1 aliphatic heterocycles. The molecule has 0 radical (unpaired) electrons. The lowest BCUT2D eigenvalue weighted by Gasteiger charge is -2.25. The van der Waals surface area contributed by atoms with E-state index in [0.29, 0.717) is 30.1 Å². The third kappa shape index (κ3) is 4.62. The predicted molar refractivity (Wildman–Crippen MR) is 124 cm³/mol. The molecule has 8 nitrogen and oxygen atoms in total. The van der Waals surface area contributed by atoms with Crippen LogP contribution in [0.1, 0.15) is 44.7 Å². The van der Waals surface area contributed by atoms with E-state index in [0.717, 1.165) is 12.8 Å². The molecule has 1 saturated heterocycles. The van der Waals surface area contributed by atoms with Crippen molar-refractivity contribution in [1.29, 1.82) is 0 Å². The van der Waals surface area contributed by atoms with Crippen molar-refractivity contribution in [2.45, 2.75) is 38.8 Å².